The van der Waals surface area contributed by atoms with Crippen LogP contribution in [-0.4, -0.2) is 31.2 Å². The van der Waals surface area contributed by atoms with Gasteiger partial charge in [0.05, 0.1) is 0 Å². The second-order valence-corrected chi connectivity index (χ2v) is 6.71. The Bertz CT molecular complexity index is 837. The fraction of sp³-hybridized carbons (Fsp3) is 0.238. The molecule has 0 bridgehead atoms. The summed E-state index contributed by atoms with van der Waals surface area (Å²) in [6, 6.07) is 15.6. The van der Waals surface area contributed by atoms with Crippen LogP contribution in [-0.2, 0) is 13.1 Å². The number of pyridine rings is 1. The van der Waals surface area contributed by atoms with E-state index in [0.717, 1.165) is 23.8 Å². The third-order valence-electron chi connectivity index (χ3n) is 3.87. The first-order valence-corrected chi connectivity index (χ1v) is 9.99. The molecular weight excluding hydrogens is 372 g/mol. The molecule has 7 heteroatoms. The van der Waals surface area contributed by atoms with Crippen LogP contribution in [0.2, 0.25) is 0 Å². The molecule has 28 heavy (non-hydrogen) atoms. The van der Waals surface area contributed by atoms with E-state index in [9.17, 15) is 0 Å². The van der Waals surface area contributed by atoms with E-state index in [4.69, 9.17) is 9.47 Å². The highest BCUT2D eigenvalue weighted by Crippen LogP contribution is 2.10. The molecule has 0 radical (unpaired) electrons. The second-order valence-electron chi connectivity index (χ2n) is 5.93. The average molecular weight is 397 g/mol. The van der Waals surface area contributed by atoms with Crippen molar-refractivity contribution in [1.29, 1.82) is 0 Å². The zero-order chi connectivity index (χ0) is 19.4. The number of ether oxygens (including phenoxy) is 2. The summed E-state index contributed by atoms with van der Waals surface area (Å²) in [5.74, 6) is 2.17. The van der Waals surface area contributed by atoms with Crippen molar-refractivity contribution in [2.24, 2.45) is 4.99 Å². The highest BCUT2D eigenvalue weighted by Gasteiger charge is 2.01. The Morgan fingerprint density at radius 2 is 1.75 bits per heavy atom. The van der Waals surface area contributed by atoms with Gasteiger partial charge in [0.25, 0.3) is 0 Å². The molecule has 3 aromatic rings. The maximum Gasteiger partial charge on any atom is 0.213 e. The van der Waals surface area contributed by atoms with Crippen molar-refractivity contribution in [1.82, 2.24) is 15.6 Å². The minimum Gasteiger partial charge on any atom is -0.490 e. The summed E-state index contributed by atoms with van der Waals surface area (Å²) in [6.07, 6.45) is 1.80. The first-order valence-electron chi connectivity index (χ1n) is 9.04. The molecule has 0 atom stereocenters. The molecule has 2 aromatic heterocycles. The lowest BCUT2D eigenvalue weighted by molar-refractivity contribution is 0.212. The fourth-order valence-corrected chi connectivity index (χ4v) is 3.08. The third-order valence-corrected chi connectivity index (χ3v) is 4.60. The molecule has 0 aliphatic heterocycles. The normalized spacial score (nSPS) is 11.1. The van der Waals surface area contributed by atoms with E-state index in [1.807, 2.05) is 42.5 Å². The number of aliphatic imine (C=N–C) groups is 1. The van der Waals surface area contributed by atoms with E-state index in [1.165, 1.54) is 5.56 Å². The van der Waals surface area contributed by atoms with Gasteiger partial charge in [-0.15, -0.1) is 0 Å². The topological polar surface area (TPSA) is 67.8 Å². The molecular formula is C21H24N4O2S. The Kier molecular flexibility index (Phi) is 7.69. The van der Waals surface area contributed by atoms with Gasteiger partial charge in [0.1, 0.15) is 19.0 Å². The van der Waals surface area contributed by atoms with Crippen LogP contribution in [0.4, 0.5) is 0 Å². The van der Waals surface area contributed by atoms with E-state index in [2.05, 4.69) is 37.4 Å². The second kappa shape index (κ2) is 10.9. The molecule has 1 aromatic carbocycles. The molecule has 0 aliphatic carbocycles. The molecule has 0 aliphatic rings. The van der Waals surface area contributed by atoms with E-state index in [0.29, 0.717) is 25.6 Å². The summed E-state index contributed by atoms with van der Waals surface area (Å²) in [5, 5.41) is 10.8. The summed E-state index contributed by atoms with van der Waals surface area (Å²) in [6.45, 7) is 2.30. The zero-order valence-electron chi connectivity index (χ0n) is 15.8. The van der Waals surface area contributed by atoms with Gasteiger partial charge in [-0.25, -0.2) is 4.98 Å². The van der Waals surface area contributed by atoms with Crippen LogP contribution in [0.15, 0.2) is 70.5 Å². The number of hydrogen-bond donors (Lipinski definition) is 2. The molecule has 0 unspecified atom stereocenters. The van der Waals surface area contributed by atoms with Crippen molar-refractivity contribution >= 4 is 17.3 Å². The van der Waals surface area contributed by atoms with Gasteiger partial charge in [-0.1, -0.05) is 24.3 Å². The average Bonchev–Trinajstić information content (AvgIpc) is 3.27. The van der Waals surface area contributed by atoms with E-state index >= 15 is 0 Å². The predicted octanol–water partition coefficient (Wildman–Crippen LogP) is 3.47. The lowest BCUT2D eigenvalue weighted by Gasteiger charge is -2.12. The number of para-hydroxylation sites is 1. The van der Waals surface area contributed by atoms with Gasteiger partial charge in [0.2, 0.25) is 5.88 Å². The number of hydrogen-bond acceptors (Lipinski definition) is 5. The van der Waals surface area contributed by atoms with Crippen LogP contribution < -0.4 is 20.1 Å². The smallest absolute Gasteiger partial charge is 0.213 e. The summed E-state index contributed by atoms with van der Waals surface area (Å²) >= 11 is 1.69. The van der Waals surface area contributed by atoms with Gasteiger partial charge in [0.15, 0.2) is 5.96 Å². The van der Waals surface area contributed by atoms with Crippen LogP contribution >= 0.6 is 11.3 Å². The van der Waals surface area contributed by atoms with Crippen molar-refractivity contribution < 1.29 is 9.47 Å². The van der Waals surface area contributed by atoms with Crippen LogP contribution in [0.25, 0.3) is 0 Å². The molecule has 2 N–H and O–H groups in total. The minimum absolute atomic E-state index is 0.443. The summed E-state index contributed by atoms with van der Waals surface area (Å²) < 4.78 is 11.2. The van der Waals surface area contributed by atoms with Crippen LogP contribution in [0.5, 0.6) is 11.6 Å². The zero-order valence-corrected chi connectivity index (χ0v) is 16.6. The maximum absolute atomic E-state index is 5.62. The predicted molar refractivity (Wildman–Crippen MR) is 113 cm³/mol. The molecule has 2 heterocycles. The van der Waals surface area contributed by atoms with Crippen molar-refractivity contribution in [3.05, 3.63) is 76.6 Å². The summed E-state index contributed by atoms with van der Waals surface area (Å²) in [5.41, 5.74) is 2.29. The van der Waals surface area contributed by atoms with Gasteiger partial charge < -0.3 is 20.1 Å². The van der Waals surface area contributed by atoms with E-state index in [1.54, 1.807) is 24.6 Å². The Labute approximate surface area is 169 Å². The van der Waals surface area contributed by atoms with Crippen molar-refractivity contribution in [2.45, 2.75) is 13.1 Å². The molecule has 0 saturated carbocycles. The van der Waals surface area contributed by atoms with Gasteiger partial charge in [-0.2, -0.15) is 11.3 Å². The maximum atomic E-state index is 5.62. The highest BCUT2D eigenvalue weighted by atomic mass is 32.1. The number of benzene rings is 1. The van der Waals surface area contributed by atoms with Gasteiger partial charge in [-0.05, 0) is 40.1 Å². The number of aromatic nitrogens is 1. The van der Waals surface area contributed by atoms with Crippen molar-refractivity contribution in [2.75, 3.05) is 20.3 Å². The first-order chi connectivity index (χ1) is 13.8. The monoisotopic (exact) mass is 396 g/mol. The molecule has 0 fully saturated rings. The fourth-order valence-electron chi connectivity index (χ4n) is 2.41. The number of guanidine groups is 1. The number of nitrogens with zero attached hydrogens (tertiary/aromatic N) is 2. The summed E-state index contributed by atoms with van der Waals surface area (Å²) in [4.78, 5) is 8.57. The van der Waals surface area contributed by atoms with Gasteiger partial charge in [0, 0.05) is 32.4 Å². The van der Waals surface area contributed by atoms with Gasteiger partial charge >= 0.3 is 0 Å². The molecule has 3 rings (SSSR count). The SMILES string of the molecule is CN=C(NCc1ccc(OCCOc2ccccc2)nc1)NCc1ccsc1. The Hall–Kier alpha value is -3.06. The van der Waals surface area contributed by atoms with Gasteiger partial charge in [-0.3, -0.25) is 4.99 Å². The number of rotatable bonds is 9. The standard InChI is InChI=1S/C21H24N4O2S/c1-22-21(25-15-18-9-12-28-16-18)24-14-17-7-8-20(23-13-17)27-11-10-26-19-5-3-2-4-6-19/h2-9,12-13,16H,10-11,14-15H2,1H3,(H2,22,24,25). The largest absolute Gasteiger partial charge is 0.490 e. The molecule has 0 saturated heterocycles. The molecule has 146 valence electrons. The van der Waals surface area contributed by atoms with Crippen LogP contribution in [0.1, 0.15) is 11.1 Å². The van der Waals surface area contributed by atoms with E-state index in [-0.39, 0.29) is 0 Å². The van der Waals surface area contributed by atoms with Crippen LogP contribution in [0, 0.1) is 0 Å². The minimum atomic E-state index is 0.443. The van der Waals surface area contributed by atoms with Crippen molar-refractivity contribution in [3.8, 4) is 11.6 Å². The quantitative estimate of drug-likeness (QED) is 0.329. The Balaban J connectivity index is 1.36. The highest BCUT2D eigenvalue weighted by molar-refractivity contribution is 7.07. The molecule has 6 nitrogen and oxygen atoms in total. The number of thiophene rings is 1. The Morgan fingerprint density at radius 3 is 2.43 bits per heavy atom. The number of nitrogens with one attached hydrogen (secondary N) is 2. The lowest BCUT2D eigenvalue weighted by atomic mass is 10.3. The summed E-state index contributed by atoms with van der Waals surface area (Å²) in [7, 11) is 1.76. The van der Waals surface area contributed by atoms with E-state index < -0.39 is 0 Å². The molecule has 0 amide bonds. The Morgan fingerprint density at radius 1 is 0.964 bits per heavy atom. The van der Waals surface area contributed by atoms with Crippen molar-refractivity contribution in [3.63, 3.8) is 0 Å². The lowest BCUT2D eigenvalue weighted by Crippen LogP contribution is -2.36. The third kappa shape index (κ3) is 6.59. The van der Waals surface area contributed by atoms with Crippen LogP contribution in [0.3, 0.4) is 0 Å². The first kappa shape index (κ1) is 19.7. The molecule has 0 spiro atoms.